The second-order valence-corrected chi connectivity index (χ2v) is 7.92. The number of benzene rings is 2. The molecule has 2 heterocycles. The lowest BCUT2D eigenvalue weighted by Gasteiger charge is -2.05. The molecule has 2 aromatic heterocycles. The predicted octanol–water partition coefficient (Wildman–Crippen LogP) is 3.30. The number of aromatic hydroxyl groups is 1. The summed E-state index contributed by atoms with van der Waals surface area (Å²) in [6.45, 7) is 1.45. The number of anilines is 1. The van der Waals surface area contributed by atoms with E-state index in [9.17, 15) is 14.7 Å². The van der Waals surface area contributed by atoms with Gasteiger partial charge in [0.2, 0.25) is 5.91 Å². The summed E-state index contributed by atoms with van der Waals surface area (Å²) in [5.41, 5.74) is 2.61. The highest BCUT2D eigenvalue weighted by molar-refractivity contribution is 7.15. The van der Waals surface area contributed by atoms with Gasteiger partial charge in [0.05, 0.1) is 22.4 Å². The molecule has 0 fully saturated rings. The first-order chi connectivity index (χ1) is 14.4. The molecule has 0 unspecified atom stereocenters. The molecule has 0 aliphatic rings. The van der Waals surface area contributed by atoms with Crippen LogP contribution in [-0.4, -0.2) is 27.5 Å². The van der Waals surface area contributed by atoms with E-state index in [4.69, 9.17) is 16.3 Å². The Balaban J connectivity index is 1.71. The third-order valence-corrected chi connectivity index (χ3v) is 5.64. The lowest BCUT2D eigenvalue weighted by Crippen LogP contribution is -2.22. The third-order valence-electron chi connectivity index (χ3n) is 4.37. The molecule has 4 aromatic rings. The number of carbonyl (C=O) groups is 1. The Morgan fingerprint density at radius 3 is 2.67 bits per heavy atom. The summed E-state index contributed by atoms with van der Waals surface area (Å²) in [4.78, 5) is 29.0. The van der Waals surface area contributed by atoms with Crippen molar-refractivity contribution in [2.24, 2.45) is 0 Å². The third kappa shape index (κ3) is 3.74. The van der Waals surface area contributed by atoms with Crippen molar-refractivity contribution in [1.82, 2.24) is 9.38 Å². The lowest BCUT2D eigenvalue weighted by molar-refractivity contribution is -0.114. The van der Waals surface area contributed by atoms with Crippen molar-refractivity contribution >= 4 is 45.6 Å². The SMILES string of the molecule is COc1cc(C=c2sc3nc(-c4ccc(NC(C)=O)cc4)cn3c2=O)cc(Cl)c1O. The van der Waals surface area contributed by atoms with E-state index in [0.717, 1.165) is 5.56 Å². The topological polar surface area (TPSA) is 92.9 Å². The van der Waals surface area contributed by atoms with E-state index in [-0.39, 0.29) is 28.0 Å². The number of hydrogen-bond acceptors (Lipinski definition) is 6. The van der Waals surface area contributed by atoms with Crippen LogP contribution in [0.3, 0.4) is 0 Å². The number of fused-ring (bicyclic) bond motifs is 1. The molecular formula is C21H16ClN3O4S. The molecule has 0 saturated heterocycles. The molecule has 0 saturated carbocycles. The van der Waals surface area contributed by atoms with Gasteiger partial charge in [0.25, 0.3) is 5.56 Å². The number of ether oxygens (including phenoxy) is 1. The Morgan fingerprint density at radius 2 is 2.03 bits per heavy atom. The number of phenolic OH excluding ortho intramolecular Hbond substituents is 1. The van der Waals surface area contributed by atoms with Gasteiger partial charge in [-0.2, -0.15) is 0 Å². The molecule has 0 radical (unpaired) electrons. The fourth-order valence-corrected chi connectivity index (χ4v) is 4.16. The number of hydrogen-bond donors (Lipinski definition) is 2. The number of phenols is 1. The first-order valence-electron chi connectivity index (χ1n) is 8.84. The van der Waals surface area contributed by atoms with E-state index in [1.165, 1.54) is 29.8 Å². The molecule has 0 aliphatic heterocycles. The maximum atomic E-state index is 12.8. The number of thiazole rings is 1. The van der Waals surface area contributed by atoms with Crippen LogP contribution in [0.4, 0.5) is 5.69 Å². The van der Waals surface area contributed by atoms with E-state index in [2.05, 4.69) is 10.3 Å². The summed E-state index contributed by atoms with van der Waals surface area (Å²) in [5, 5.41) is 12.7. The van der Waals surface area contributed by atoms with Crippen LogP contribution in [0.15, 0.2) is 47.4 Å². The fourth-order valence-electron chi connectivity index (χ4n) is 2.98. The molecule has 0 atom stereocenters. The van der Waals surface area contributed by atoms with Crippen LogP contribution in [0.2, 0.25) is 5.02 Å². The van der Waals surface area contributed by atoms with Crippen LogP contribution in [0.1, 0.15) is 12.5 Å². The van der Waals surface area contributed by atoms with Crippen molar-refractivity contribution in [3.05, 3.63) is 68.1 Å². The van der Waals surface area contributed by atoms with Gasteiger partial charge in [0, 0.05) is 24.4 Å². The average molecular weight is 442 g/mol. The largest absolute Gasteiger partial charge is 0.503 e. The molecule has 0 aliphatic carbocycles. The maximum absolute atomic E-state index is 12.8. The van der Waals surface area contributed by atoms with Crippen LogP contribution < -0.4 is 20.1 Å². The summed E-state index contributed by atoms with van der Waals surface area (Å²) in [7, 11) is 1.43. The standard InChI is InChI=1S/C21H16ClN3O4S/c1-11(26)23-14-5-3-13(4-6-14)16-10-25-20(28)18(30-21(25)24-16)9-12-7-15(22)19(27)17(8-12)29-2/h3-10,27H,1-2H3,(H,23,26). The molecule has 152 valence electrons. The first-order valence-corrected chi connectivity index (χ1v) is 10.0. The van der Waals surface area contributed by atoms with Gasteiger partial charge < -0.3 is 15.2 Å². The Kier molecular flexibility index (Phi) is 5.19. The summed E-state index contributed by atoms with van der Waals surface area (Å²) in [6.07, 6.45) is 3.36. The minimum Gasteiger partial charge on any atom is -0.503 e. The number of methoxy groups -OCH3 is 1. The van der Waals surface area contributed by atoms with Crippen molar-refractivity contribution in [2.75, 3.05) is 12.4 Å². The van der Waals surface area contributed by atoms with E-state index in [1.54, 1.807) is 36.5 Å². The van der Waals surface area contributed by atoms with E-state index in [1.807, 2.05) is 12.1 Å². The Labute approximate surface area is 179 Å². The first kappa shape index (κ1) is 19.9. The normalized spacial score (nSPS) is 11.8. The number of halogens is 1. The fraction of sp³-hybridized carbons (Fsp3) is 0.0952. The van der Waals surface area contributed by atoms with Crippen LogP contribution >= 0.6 is 22.9 Å². The van der Waals surface area contributed by atoms with Gasteiger partial charge >= 0.3 is 0 Å². The van der Waals surface area contributed by atoms with Gasteiger partial charge in [-0.15, -0.1) is 0 Å². The molecule has 2 N–H and O–H groups in total. The number of nitrogens with zero attached hydrogens (tertiary/aromatic N) is 2. The predicted molar refractivity (Wildman–Crippen MR) is 118 cm³/mol. The van der Waals surface area contributed by atoms with Gasteiger partial charge in [-0.25, -0.2) is 4.98 Å². The Hall–Kier alpha value is -3.36. The number of nitrogens with one attached hydrogen (secondary N) is 1. The van der Waals surface area contributed by atoms with Crippen molar-refractivity contribution in [1.29, 1.82) is 0 Å². The van der Waals surface area contributed by atoms with Crippen LogP contribution in [0, 0.1) is 0 Å². The van der Waals surface area contributed by atoms with Gasteiger partial charge in [-0.05, 0) is 35.9 Å². The quantitative estimate of drug-likeness (QED) is 0.507. The highest BCUT2D eigenvalue weighted by atomic mass is 35.5. The number of carbonyl (C=O) groups excluding carboxylic acids is 1. The highest BCUT2D eigenvalue weighted by Crippen LogP contribution is 2.35. The molecule has 1 amide bonds. The van der Waals surface area contributed by atoms with Crippen molar-refractivity contribution in [3.8, 4) is 22.8 Å². The molecule has 2 aromatic carbocycles. The van der Waals surface area contributed by atoms with Crippen molar-refractivity contribution in [3.63, 3.8) is 0 Å². The zero-order valence-corrected chi connectivity index (χ0v) is 17.5. The number of rotatable bonds is 4. The molecular weight excluding hydrogens is 426 g/mol. The number of imidazole rings is 1. The second kappa shape index (κ2) is 7.81. The minimum absolute atomic E-state index is 0.138. The van der Waals surface area contributed by atoms with Crippen molar-refractivity contribution in [2.45, 2.75) is 6.92 Å². The maximum Gasteiger partial charge on any atom is 0.274 e. The van der Waals surface area contributed by atoms with Crippen molar-refractivity contribution < 1.29 is 14.6 Å². The smallest absolute Gasteiger partial charge is 0.274 e. The molecule has 4 rings (SSSR count). The van der Waals surface area contributed by atoms with Crippen LogP contribution in [0.25, 0.3) is 22.3 Å². The summed E-state index contributed by atoms with van der Waals surface area (Å²) in [5.74, 6) is -0.0566. The van der Waals surface area contributed by atoms with E-state index < -0.39 is 0 Å². The molecule has 30 heavy (non-hydrogen) atoms. The Morgan fingerprint density at radius 1 is 1.30 bits per heavy atom. The summed E-state index contributed by atoms with van der Waals surface area (Å²) in [6, 6.07) is 10.4. The molecule has 7 nitrogen and oxygen atoms in total. The second-order valence-electron chi connectivity index (χ2n) is 6.51. The van der Waals surface area contributed by atoms with Gasteiger partial charge in [-0.3, -0.25) is 14.0 Å². The van der Waals surface area contributed by atoms with Gasteiger partial charge in [-0.1, -0.05) is 35.1 Å². The number of aromatic nitrogens is 2. The van der Waals surface area contributed by atoms with E-state index in [0.29, 0.717) is 26.4 Å². The zero-order chi connectivity index (χ0) is 21.4. The molecule has 9 heteroatoms. The van der Waals surface area contributed by atoms with E-state index >= 15 is 0 Å². The van der Waals surface area contributed by atoms with Gasteiger partial charge in [0.1, 0.15) is 0 Å². The van der Waals surface area contributed by atoms with Crippen LogP contribution in [-0.2, 0) is 4.79 Å². The zero-order valence-electron chi connectivity index (χ0n) is 16.0. The summed E-state index contributed by atoms with van der Waals surface area (Å²) < 4.78 is 7.08. The molecule has 0 bridgehead atoms. The minimum atomic E-state index is -0.202. The van der Waals surface area contributed by atoms with Crippen LogP contribution in [0.5, 0.6) is 11.5 Å². The molecule has 0 spiro atoms. The van der Waals surface area contributed by atoms with Gasteiger partial charge in [0.15, 0.2) is 16.5 Å². The summed E-state index contributed by atoms with van der Waals surface area (Å²) >= 11 is 7.27. The Bertz CT molecular complexity index is 1380. The average Bonchev–Trinajstić information content (AvgIpc) is 3.24. The highest BCUT2D eigenvalue weighted by Gasteiger charge is 2.12. The monoisotopic (exact) mass is 441 g/mol. The number of amides is 1. The lowest BCUT2D eigenvalue weighted by atomic mass is 10.1.